The molecule has 20 heavy (non-hydrogen) atoms. The Bertz CT molecular complexity index is 479. The predicted molar refractivity (Wildman–Crippen MR) is 79.4 cm³/mol. The highest BCUT2D eigenvalue weighted by molar-refractivity contribution is 5.40. The molecule has 2 unspecified atom stereocenters. The molecule has 0 bridgehead atoms. The fourth-order valence-corrected chi connectivity index (χ4v) is 2.94. The van der Waals surface area contributed by atoms with Gasteiger partial charge >= 0.3 is 0 Å². The largest absolute Gasteiger partial charge is 0.374 e. The lowest BCUT2D eigenvalue weighted by Gasteiger charge is -2.44. The fourth-order valence-electron chi connectivity index (χ4n) is 2.94. The van der Waals surface area contributed by atoms with Gasteiger partial charge in [-0.2, -0.15) is 5.26 Å². The van der Waals surface area contributed by atoms with Crippen LogP contribution in [0, 0.1) is 11.3 Å². The van der Waals surface area contributed by atoms with Crippen LogP contribution in [0.2, 0.25) is 0 Å². The lowest BCUT2D eigenvalue weighted by atomic mass is 9.93. The number of rotatable bonds is 4. The molecule has 108 valence electrons. The van der Waals surface area contributed by atoms with Gasteiger partial charge in [0.1, 0.15) is 0 Å². The van der Waals surface area contributed by atoms with Crippen LogP contribution < -0.4 is 5.32 Å². The zero-order chi connectivity index (χ0) is 14.5. The van der Waals surface area contributed by atoms with E-state index < -0.39 is 0 Å². The van der Waals surface area contributed by atoms with Crippen molar-refractivity contribution in [1.82, 2.24) is 10.2 Å². The predicted octanol–water partition coefficient (Wildman–Crippen LogP) is 1.93. The number of hydrogen-bond acceptors (Lipinski definition) is 4. The van der Waals surface area contributed by atoms with Crippen LogP contribution in [0.25, 0.3) is 0 Å². The van der Waals surface area contributed by atoms with Crippen molar-refractivity contribution in [1.29, 1.82) is 5.26 Å². The molecule has 0 aromatic heterocycles. The van der Waals surface area contributed by atoms with Crippen molar-refractivity contribution in [2.24, 2.45) is 0 Å². The molecule has 4 heteroatoms. The highest BCUT2D eigenvalue weighted by Crippen LogP contribution is 2.32. The van der Waals surface area contributed by atoms with Gasteiger partial charge in [0, 0.05) is 19.1 Å². The van der Waals surface area contributed by atoms with E-state index in [0.29, 0.717) is 6.04 Å². The van der Waals surface area contributed by atoms with Gasteiger partial charge in [-0.15, -0.1) is 0 Å². The Morgan fingerprint density at radius 1 is 1.45 bits per heavy atom. The van der Waals surface area contributed by atoms with Crippen molar-refractivity contribution >= 4 is 0 Å². The van der Waals surface area contributed by atoms with Crippen LogP contribution >= 0.6 is 0 Å². The van der Waals surface area contributed by atoms with E-state index in [1.165, 1.54) is 0 Å². The average Bonchev–Trinajstić information content (AvgIpc) is 2.47. The van der Waals surface area contributed by atoms with Crippen molar-refractivity contribution < 1.29 is 4.74 Å². The summed E-state index contributed by atoms with van der Waals surface area (Å²) < 4.78 is 5.95. The maximum atomic E-state index is 9.37. The number of benzene rings is 1. The lowest BCUT2D eigenvalue weighted by molar-refractivity contribution is -0.0816. The van der Waals surface area contributed by atoms with E-state index in [2.05, 4.69) is 36.2 Å². The molecular weight excluding hydrogens is 250 g/mol. The first-order valence-electron chi connectivity index (χ1n) is 7.20. The van der Waals surface area contributed by atoms with Gasteiger partial charge in [-0.05, 0) is 32.5 Å². The molecule has 0 radical (unpaired) electrons. The van der Waals surface area contributed by atoms with Gasteiger partial charge in [-0.25, -0.2) is 0 Å². The summed E-state index contributed by atoms with van der Waals surface area (Å²) in [7, 11) is 1.94. The summed E-state index contributed by atoms with van der Waals surface area (Å²) >= 11 is 0. The van der Waals surface area contributed by atoms with Gasteiger partial charge in [0.2, 0.25) is 0 Å². The summed E-state index contributed by atoms with van der Waals surface area (Å²) in [5.74, 6) is 0. The highest BCUT2D eigenvalue weighted by Gasteiger charge is 2.35. The molecule has 0 saturated carbocycles. The van der Waals surface area contributed by atoms with Crippen LogP contribution in [-0.2, 0) is 4.74 Å². The van der Waals surface area contributed by atoms with E-state index in [0.717, 1.165) is 30.8 Å². The number of ether oxygens (including phenoxy) is 1. The molecule has 1 aliphatic heterocycles. The monoisotopic (exact) mass is 273 g/mol. The Balaban J connectivity index is 2.41. The quantitative estimate of drug-likeness (QED) is 0.910. The third kappa shape index (κ3) is 3.01. The second-order valence-corrected chi connectivity index (χ2v) is 5.44. The molecule has 0 amide bonds. The van der Waals surface area contributed by atoms with Crippen LogP contribution in [0.1, 0.15) is 31.0 Å². The third-order valence-corrected chi connectivity index (χ3v) is 3.86. The summed E-state index contributed by atoms with van der Waals surface area (Å²) in [6.45, 7) is 6.83. The molecule has 4 nitrogen and oxygen atoms in total. The van der Waals surface area contributed by atoms with Crippen LogP contribution in [-0.4, -0.2) is 43.8 Å². The van der Waals surface area contributed by atoms with Gasteiger partial charge < -0.3 is 10.1 Å². The molecule has 1 N–H and O–H groups in total. The maximum absolute atomic E-state index is 9.37. The Labute approximate surface area is 121 Å². The number of nitrogens with zero attached hydrogens (tertiary/aromatic N) is 2. The smallest absolute Gasteiger partial charge is 0.0995 e. The van der Waals surface area contributed by atoms with Gasteiger partial charge in [0.05, 0.1) is 30.4 Å². The van der Waals surface area contributed by atoms with E-state index in [4.69, 9.17) is 4.74 Å². The minimum Gasteiger partial charge on any atom is -0.374 e. The van der Waals surface area contributed by atoms with Crippen molar-refractivity contribution in [2.45, 2.75) is 32.0 Å². The second kappa shape index (κ2) is 6.85. The number of nitriles is 1. The standard InChI is InChI=1S/C16H23N3O/c1-12(2)19-8-9-20-15(11-18-3)16(19)14-7-5-4-6-13(14)10-17/h4-7,12,15-16,18H,8-9,11H2,1-3H3. The third-order valence-electron chi connectivity index (χ3n) is 3.86. The van der Waals surface area contributed by atoms with Crippen molar-refractivity contribution in [2.75, 3.05) is 26.7 Å². The van der Waals surface area contributed by atoms with Crippen LogP contribution in [0.5, 0.6) is 0 Å². The topological polar surface area (TPSA) is 48.3 Å². The van der Waals surface area contributed by atoms with Crippen molar-refractivity contribution in [3.05, 3.63) is 35.4 Å². The van der Waals surface area contributed by atoms with Crippen LogP contribution in [0.15, 0.2) is 24.3 Å². The van der Waals surface area contributed by atoms with Gasteiger partial charge in [0.25, 0.3) is 0 Å². The maximum Gasteiger partial charge on any atom is 0.0995 e. The summed E-state index contributed by atoms with van der Waals surface area (Å²) in [5.41, 5.74) is 1.82. The Morgan fingerprint density at radius 2 is 2.20 bits per heavy atom. The number of hydrogen-bond donors (Lipinski definition) is 1. The minimum atomic E-state index is 0.0747. The molecule has 1 heterocycles. The van der Waals surface area contributed by atoms with Gasteiger partial charge in [-0.3, -0.25) is 4.90 Å². The van der Waals surface area contributed by atoms with E-state index >= 15 is 0 Å². The zero-order valence-corrected chi connectivity index (χ0v) is 12.5. The summed E-state index contributed by atoms with van der Waals surface area (Å²) in [6, 6.07) is 10.7. The average molecular weight is 273 g/mol. The summed E-state index contributed by atoms with van der Waals surface area (Å²) in [4.78, 5) is 2.43. The molecule has 2 rings (SSSR count). The van der Waals surface area contributed by atoms with E-state index in [9.17, 15) is 5.26 Å². The number of likely N-dealkylation sites (N-methyl/N-ethyl adjacent to an activating group) is 1. The van der Waals surface area contributed by atoms with Gasteiger partial charge in [0.15, 0.2) is 0 Å². The Hall–Kier alpha value is -1.41. The molecule has 1 saturated heterocycles. The number of morpholine rings is 1. The first kappa shape index (κ1) is 15.0. The van der Waals surface area contributed by atoms with Crippen LogP contribution in [0.4, 0.5) is 0 Å². The molecule has 1 fully saturated rings. The molecule has 1 aromatic carbocycles. The molecule has 2 atom stereocenters. The summed E-state index contributed by atoms with van der Waals surface area (Å²) in [5, 5.41) is 12.6. The van der Waals surface area contributed by atoms with E-state index in [1.807, 2.05) is 25.2 Å². The van der Waals surface area contributed by atoms with Crippen LogP contribution in [0.3, 0.4) is 0 Å². The normalized spacial score (nSPS) is 23.8. The lowest BCUT2D eigenvalue weighted by Crippen LogP contribution is -2.51. The summed E-state index contributed by atoms with van der Waals surface area (Å²) in [6.07, 6.45) is 0.0747. The Kier molecular flexibility index (Phi) is 5.13. The SMILES string of the molecule is CNCC1OCCN(C(C)C)C1c1ccccc1C#N. The second-order valence-electron chi connectivity index (χ2n) is 5.44. The van der Waals surface area contributed by atoms with Crippen molar-refractivity contribution in [3.8, 4) is 6.07 Å². The van der Waals surface area contributed by atoms with Gasteiger partial charge in [-0.1, -0.05) is 18.2 Å². The van der Waals surface area contributed by atoms with E-state index in [1.54, 1.807) is 0 Å². The zero-order valence-electron chi connectivity index (χ0n) is 12.5. The minimum absolute atomic E-state index is 0.0747. The Morgan fingerprint density at radius 3 is 2.85 bits per heavy atom. The first-order chi connectivity index (χ1) is 9.69. The first-order valence-corrected chi connectivity index (χ1v) is 7.20. The molecule has 0 spiro atoms. The fraction of sp³-hybridized carbons (Fsp3) is 0.562. The van der Waals surface area contributed by atoms with Crippen molar-refractivity contribution in [3.63, 3.8) is 0 Å². The molecule has 1 aromatic rings. The highest BCUT2D eigenvalue weighted by atomic mass is 16.5. The molecule has 1 aliphatic rings. The molecule has 0 aliphatic carbocycles. The van der Waals surface area contributed by atoms with E-state index in [-0.39, 0.29) is 12.1 Å². The number of nitrogens with one attached hydrogen (secondary N) is 1. The molecular formula is C16H23N3O.